The summed E-state index contributed by atoms with van der Waals surface area (Å²) in [6.45, 7) is 1.73. The second kappa shape index (κ2) is 5.34. The molecular formula is C14H13FOS. The quantitative estimate of drug-likeness (QED) is 0.885. The molecule has 1 atom stereocenters. The van der Waals surface area contributed by atoms with Crippen molar-refractivity contribution in [2.24, 2.45) is 0 Å². The van der Waals surface area contributed by atoms with Crippen LogP contribution in [0.25, 0.3) is 0 Å². The highest BCUT2D eigenvalue weighted by Crippen LogP contribution is 2.28. The van der Waals surface area contributed by atoms with Crippen molar-refractivity contribution < 1.29 is 9.50 Å². The molecule has 0 aromatic heterocycles. The highest BCUT2D eigenvalue weighted by atomic mass is 32.2. The third-order valence-corrected chi connectivity index (χ3v) is 3.39. The lowest BCUT2D eigenvalue weighted by molar-refractivity contribution is 0.199. The van der Waals surface area contributed by atoms with Crippen LogP contribution in [0.15, 0.2) is 58.3 Å². The maximum absolute atomic E-state index is 13.0. The number of aliphatic hydroxyl groups excluding tert-OH is 1. The molecule has 3 heteroatoms. The molecule has 1 nitrogen and oxygen atoms in total. The largest absolute Gasteiger partial charge is 0.389 e. The topological polar surface area (TPSA) is 20.2 Å². The van der Waals surface area contributed by atoms with Gasteiger partial charge < -0.3 is 5.11 Å². The first-order valence-corrected chi connectivity index (χ1v) is 6.18. The molecule has 0 bridgehead atoms. The first-order valence-electron chi connectivity index (χ1n) is 5.36. The normalized spacial score (nSPS) is 12.4. The number of hydrogen-bond acceptors (Lipinski definition) is 2. The molecule has 0 aliphatic rings. The molecule has 88 valence electrons. The number of rotatable bonds is 3. The van der Waals surface area contributed by atoms with Crippen LogP contribution in [0.1, 0.15) is 18.6 Å². The van der Waals surface area contributed by atoms with Gasteiger partial charge in [-0.3, -0.25) is 0 Å². The average Bonchev–Trinajstić information content (AvgIpc) is 2.29. The summed E-state index contributed by atoms with van der Waals surface area (Å²) in [6, 6.07) is 14.1. The molecule has 2 aromatic rings. The molecule has 0 radical (unpaired) electrons. The summed E-state index contributed by atoms with van der Waals surface area (Å²) in [6.07, 6.45) is -0.455. The molecule has 0 amide bonds. The maximum Gasteiger partial charge on any atom is 0.124 e. The van der Waals surface area contributed by atoms with Crippen LogP contribution < -0.4 is 0 Å². The summed E-state index contributed by atoms with van der Waals surface area (Å²) in [4.78, 5) is 1.90. The van der Waals surface area contributed by atoms with Crippen LogP contribution in [-0.2, 0) is 0 Å². The van der Waals surface area contributed by atoms with Gasteiger partial charge in [0.25, 0.3) is 0 Å². The summed E-state index contributed by atoms with van der Waals surface area (Å²) in [5, 5.41) is 9.38. The summed E-state index contributed by atoms with van der Waals surface area (Å²) in [5.74, 6) is -0.226. The van der Waals surface area contributed by atoms with E-state index in [0.29, 0.717) is 0 Å². The van der Waals surface area contributed by atoms with Gasteiger partial charge in [0.2, 0.25) is 0 Å². The van der Waals surface area contributed by atoms with Crippen LogP contribution in [0.4, 0.5) is 4.39 Å². The van der Waals surface area contributed by atoms with Gasteiger partial charge in [-0.25, -0.2) is 4.39 Å². The fraction of sp³-hybridized carbons (Fsp3) is 0.143. The van der Waals surface area contributed by atoms with Crippen LogP contribution in [0.3, 0.4) is 0 Å². The van der Waals surface area contributed by atoms with E-state index in [2.05, 4.69) is 0 Å². The molecule has 1 N–H and O–H groups in total. The maximum atomic E-state index is 13.0. The van der Waals surface area contributed by atoms with Crippen LogP contribution in [0.5, 0.6) is 0 Å². The summed E-state index contributed by atoms with van der Waals surface area (Å²) < 4.78 is 13.0. The van der Waals surface area contributed by atoms with Gasteiger partial charge in [0.15, 0.2) is 0 Å². The van der Waals surface area contributed by atoms with Crippen molar-refractivity contribution in [2.75, 3.05) is 0 Å². The molecule has 2 aromatic carbocycles. The second-order valence-corrected chi connectivity index (χ2v) is 4.95. The van der Waals surface area contributed by atoms with E-state index in [1.807, 2.05) is 30.3 Å². The first kappa shape index (κ1) is 12.1. The van der Waals surface area contributed by atoms with E-state index in [4.69, 9.17) is 0 Å². The Balaban J connectivity index is 2.14. The molecule has 0 fully saturated rings. The van der Waals surface area contributed by atoms with Gasteiger partial charge in [0, 0.05) is 9.79 Å². The van der Waals surface area contributed by atoms with Crippen LogP contribution >= 0.6 is 11.8 Å². The van der Waals surface area contributed by atoms with Gasteiger partial charge in [-0.15, -0.1) is 0 Å². The standard InChI is InChI=1S/C14H13FOS/c1-10(16)11-5-7-13(8-6-11)17-14-4-2-3-12(15)9-14/h2-10,16H,1H3. The predicted molar refractivity (Wildman–Crippen MR) is 67.6 cm³/mol. The summed E-state index contributed by atoms with van der Waals surface area (Å²) in [7, 11) is 0. The Morgan fingerprint density at radius 3 is 2.35 bits per heavy atom. The molecular weight excluding hydrogens is 235 g/mol. The zero-order valence-electron chi connectivity index (χ0n) is 9.43. The second-order valence-electron chi connectivity index (χ2n) is 3.80. The van der Waals surface area contributed by atoms with Gasteiger partial charge >= 0.3 is 0 Å². The number of hydrogen-bond donors (Lipinski definition) is 1. The fourth-order valence-corrected chi connectivity index (χ4v) is 2.34. The highest BCUT2D eigenvalue weighted by Gasteiger charge is 2.02. The average molecular weight is 248 g/mol. The number of halogens is 1. The van der Waals surface area contributed by atoms with E-state index >= 15 is 0 Å². The zero-order chi connectivity index (χ0) is 12.3. The van der Waals surface area contributed by atoms with Crippen molar-refractivity contribution in [1.82, 2.24) is 0 Å². The third kappa shape index (κ3) is 3.32. The molecule has 17 heavy (non-hydrogen) atoms. The molecule has 1 unspecified atom stereocenters. The van der Waals surface area contributed by atoms with Gasteiger partial charge in [0.05, 0.1) is 6.10 Å². The molecule has 0 aliphatic carbocycles. The molecule has 2 rings (SSSR count). The van der Waals surface area contributed by atoms with E-state index in [1.54, 1.807) is 13.0 Å². The van der Waals surface area contributed by atoms with Crippen molar-refractivity contribution >= 4 is 11.8 Å². The lowest BCUT2D eigenvalue weighted by atomic mass is 10.1. The van der Waals surface area contributed by atoms with Crippen molar-refractivity contribution in [3.8, 4) is 0 Å². The first-order chi connectivity index (χ1) is 8.15. The zero-order valence-corrected chi connectivity index (χ0v) is 10.2. The van der Waals surface area contributed by atoms with Gasteiger partial charge in [-0.1, -0.05) is 30.0 Å². The van der Waals surface area contributed by atoms with Crippen LogP contribution in [-0.4, -0.2) is 5.11 Å². The minimum Gasteiger partial charge on any atom is -0.389 e. The smallest absolute Gasteiger partial charge is 0.124 e. The SMILES string of the molecule is CC(O)c1ccc(Sc2cccc(F)c2)cc1. The Bertz CT molecular complexity index is 494. The Morgan fingerprint density at radius 1 is 1.06 bits per heavy atom. The van der Waals surface area contributed by atoms with Crippen LogP contribution in [0, 0.1) is 5.82 Å². The Kier molecular flexibility index (Phi) is 3.82. The van der Waals surface area contributed by atoms with E-state index in [0.717, 1.165) is 15.4 Å². The lowest BCUT2D eigenvalue weighted by Crippen LogP contribution is -1.89. The van der Waals surface area contributed by atoms with E-state index in [-0.39, 0.29) is 5.82 Å². The fourth-order valence-electron chi connectivity index (χ4n) is 1.48. The Morgan fingerprint density at radius 2 is 1.76 bits per heavy atom. The van der Waals surface area contributed by atoms with Crippen molar-refractivity contribution in [1.29, 1.82) is 0 Å². The monoisotopic (exact) mass is 248 g/mol. The summed E-state index contributed by atoms with van der Waals surface area (Å²) >= 11 is 1.50. The Labute approximate surface area is 104 Å². The van der Waals surface area contributed by atoms with Crippen molar-refractivity contribution in [3.63, 3.8) is 0 Å². The molecule has 0 spiro atoms. The van der Waals surface area contributed by atoms with Gasteiger partial charge in [-0.2, -0.15) is 0 Å². The Hall–Kier alpha value is -1.32. The van der Waals surface area contributed by atoms with E-state index in [9.17, 15) is 9.50 Å². The molecule has 0 saturated heterocycles. The lowest BCUT2D eigenvalue weighted by Gasteiger charge is -2.06. The number of aliphatic hydroxyl groups is 1. The van der Waals surface area contributed by atoms with Crippen molar-refractivity contribution in [3.05, 3.63) is 59.9 Å². The minimum absolute atomic E-state index is 0.226. The third-order valence-electron chi connectivity index (χ3n) is 2.39. The van der Waals surface area contributed by atoms with Gasteiger partial charge in [-0.05, 0) is 42.8 Å². The van der Waals surface area contributed by atoms with E-state index in [1.165, 1.54) is 23.9 Å². The molecule has 0 saturated carbocycles. The van der Waals surface area contributed by atoms with Crippen molar-refractivity contribution in [2.45, 2.75) is 22.8 Å². The predicted octanol–water partition coefficient (Wildman–Crippen LogP) is 4.03. The van der Waals surface area contributed by atoms with Crippen LogP contribution in [0.2, 0.25) is 0 Å². The van der Waals surface area contributed by atoms with E-state index < -0.39 is 6.10 Å². The summed E-state index contributed by atoms with van der Waals surface area (Å²) in [5.41, 5.74) is 0.883. The molecule has 0 heterocycles. The number of benzene rings is 2. The highest BCUT2D eigenvalue weighted by molar-refractivity contribution is 7.99. The van der Waals surface area contributed by atoms with Gasteiger partial charge in [0.1, 0.15) is 5.82 Å². The molecule has 0 aliphatic heterocycles. The minimum atomic E-state index is -0.455.